The van der Waals surface area contributed by atoms with Gasteiger partial charge in [0.25, 0.3) is 5.56 Å². The lowest BCUT2D eigenvalue weighted by molar-refractivity contribution is 0.0473. The molecule has 0 spiro atoms. The first-order valence-electron chi connectivity index (χ1n) is 7.06. The van der Waals surface area contributed by atoms with Crippen LogP contribution in [0.3, 0.4) is 0 Å². The molecule has 0 aliphatic rings. The molecule has 4 aromatic heterocycles. The zero-order valence-electron chi connectivity index (χ0n) is 12.3. The summed E-state index contributed by atoms with van der Waals surface area (Å²) in [5, 5.41) is 3.63. The van der Waals surface area contributed by atoms with Crippen molar-refractivity contribution in [3.8, 4) is 5.69 Å². The average Bonchev–Trinajstić information content (AvgIpc) is 3.31. The molecule has 0 aliphatic carbocycles. The topological polar surface area (TPSA) is 65.6 Å². The van der Waals surface area contributed by atoms with Crippen LogP contribution < -0.4 is 5.56 Å². The number of fused-ring (bicyclic) bond motifs is 1. The van der Waals surface area contributed by atoms with Crippen LogP contribution in [-0.4, -0.2) is 19.9 Å². The molecule has 0 saturated carbocycles. The summed E-state index contributed by atoms with van der Waals surface area (Å²) in [6, 6.07) is 7.03. The van der Waals surface area contributed by atoms with Gasteiger partial charge in [-0.05, 0) is 23.6 Å². The fraction of sp³-hybridized carbons (Fsp3) is 0.0625. The maximum absolute atomic E-state index is 12.4. The number of thiazole rings is 1. The van der Waals surface area contributed by atoms with Crippen LogP contribution in [0.2, 0.25) is 0 Å². The maximum Gasteiger partial charge on any atom is 0.350 e. The van der Waals surface area contributed by atoms with Gasteiger partial charge in [0.2, 0.25) is 0 Å². The summed E-state index contributed by atoms with van der Waals surface area (Å²) in [6.45, 7) is -0.0362. The number of hydrogen-bond acceptors (Lipinski definition) is 6. The molecular weight excluding hydrogens is 346 g/mol. The largest absolute Gasteiger partial charge is 0.455 e. The number of thiophene rings is 1. The Morgan fingerprint density at radius 2 is 2.00 bits per heavy atom. The van der Waals surface area contributed by atoms with E-state index >= 15 is 0 Å². The van der Waals surface area contributed by atoms with E-state index < -0.39 is 5.97 Å². The predicted octanol–water partition coefficient (Wildman–Crippen LogP) is 2.97. The van der Waals surface area contributed by atoms with Crippen LogP contribution >= 0.6 is 22.7 Å². The van der Waals surface area contributed by atoms with E-state index in [-0.39, 0.29) is 12.2 Å². The summed E-state index contributed by atoms with van der Waals surface area (Å²) >= 11 is 2.68. The van der Waals surface area contributed by atoms with Crippen LogP contribution in [0, 0.1) is 0 Å². The molecule has 4 aromatic rings. The van der Waals surface area contributed by atoms with E-state index in [2.05, 4.69) is 4.98 Å². The molecule has 24 heavy (non-hydrogen) atoms. The van der Waals surface area contributed by atoms with Gasteiger partial charge >= 0.3 is 5.97 Å². The first kappa shape index (κ1) is 14.9. The zero-order chi connectivity index (χ0) is 16.5. The van der Waals surface area contributed by atoms with Crippen LogP contribution in [0.15, 0.2) is 58.4 Å². The number of rotatable bonds is 4. The van der Waals surface area contributed by atoms with Gasteiger partial charge in [-0.3, -0.25) is 9.20 Å². The highest BCUT2D eigenvalue weighted by molar-refractivity contribution is 7.15. The van der Waals surface area contributed by atoms with Crippen molar-refractivity contribution in [2.75, 3.05) is 0 Å². The Hall–Kier alpha value is -2.71. The lowest BCUT2D eigenvalue weighted by Crippen LogP contribution is -2.14. The zero-order valence-corrected chi connectivity index (χ0v) is 13.9. The maximum atomic E-state index is 12.4. The van der Waals surface area contributed by atoms with Crippen molar-refractivity contribution in [2.45, 2.75) is 6.61 Å². The molecule has 6 nitrogen and oxygen atoms in total. The minimum atomic E-state index is -0.429. The van der Waals surface area contributed by atoms with Gasteiger partial charge in [-0.15, -0.1) is 22.7 Å². The summed E-state index contributed by atoms with van der Waals surface area (Å²) in [5.74, 6) is -0.429. The fourth-order valence-corrected chi connectivity index (χ4v) is 3.84. The highest BCUT2D eigenvalue weighted by Gasteiger charge is 2.16. The minimum Gasteiger partial charge on any atom is -0.455 e. The van der Waals surface area contributed by atoms with Crippen LogP contribution in [0.25, 0.3) is 10.6 Å². The first-order valence-corrected chi connectivity index (χ1v) is 8.82. The summed E-state index contributed by atoms with van der Waals surface area (Å²) in [4.78, 5) is 29.7. The monoisotopic (exact) mass is 357 g/mol. The van der Waals surface area contributed by atoms with Crippen LogP contribution in [-0.2, 0) is 11.3 Å². The van der Waals surface area contributed by atoms with Crippen molar-refractivity contribution in [2.24, 2.45) is 0 Å². The van der Waals surface area contributed by atoms with Gasteiger partial charge in [-0.1, -0.05) is 0 Å². The Bertz CT molecular complexity index is 1060. The molecule has 0 unspecified atom stereocenters. The van der Waals surface area contributed by atoms with Gasteiger partial charge in [0.05, 0.1) is 11.4 Å². The Labute approximate surface area is 144 Å². The third-order valence-corrected chi connectivity index (χ3v) is 5.06. The van der Waals surface area contributed by atoms with E-state index in [1.807, 2.05) is 40.5 Å². The normalized spacial score (nSPS) is 11.0. The summed E-state index contributed by atoms with van der Waals surface area (Å²) in [7, 11) is 0. The molecule has 4 heterocycles. The fourth-order valence-electron chi connectivity index (χ4n) is 2.32. The first-order chi connectivity index (χ1) is 11.7. The molecule has 0 amide bonds. The van der Waals surface area contributed by atoms with Crippen molar-refractivity contribution in [3.63, 3.8) is 0 Å². The molecule has 0 N–H and O–H groups in total. The lowest BCUT2D eigenvalue weighted by atomic mass is 10.4. The second-order valence-corrected chi connectivity index (χ2v) is 6.73. The lowest BCUT2D eigenvalue weighted by Gasteiger charge is -2.06. The number of aromatic nitrogens is 3. The number of hydrogen-bond donors (Lipinski definition) is 0. The number of carbonyl (C=O) groups is 1. The molecule has 0 aliphatic heterocycles. The van der Waals surface area contributed by atoms with E-state index in [0.29, 0.717) is 15.5 Å². The molecule has 8 heteroatoms. The van der Waals surface area contributed by atoms with Gasteiger partial charge in [0, 0.05) is 30.0 Å². The van der Waals surface area contributed by atoms with E-state index in [1.165, 1.54) is 33.1 Å². The second-order valence-electron chi connectivity index (χ2n) is 4.94. The average molecular weight is 357 g/mol. The molecular formula is C16H11N3O3S2. The molecule has 0 radical (unpaired) electrons. The van der Waals surface area contributed by atoms with Gasteiger partial charge in [0.1, 0.15) is 11.5 Å². The minimum absolute atomic E-state index is 0.0362. The van der Waals surface area contributed by atoms with Crippen molar-refractivity contribution < 1.29 is 9.53 Å². The van der Waals surface area contributed by atoms with Gasteiger partial charge in [-0.2, -0.15) is 0 Å². The number of nitrogens with zero attached hydrogens (tertiary/aromatic N) is 3. The quantitative estimate of drug-likeness (QED) is 0.527. The predicted molar refractivity (Wildman–Crippen MR) is 92.1 cm³/mol. The van der Waals surface area contributed by atoms with Crippen LogP contribution in [0.1, 0.15) is 15.4 Å². The van der Waals surface area contributed by atoms with E-state index in [1.54, 1.807) is 11.6 Å². The number of carbonyl (C=O) groups excluding carboxylic acids is 1. The van der Waals surface area contributed by atoms with Gasteiger partial charge in [0.15, 0.2) is 4.96 Å². The summed E-state index contributed by atoms with van der Waals surface area (Å²) in [6.07, 6.45) is 5.40. The summed E-state index contributed by atoms with van der Waals surface area (Å²) < 4.78 is 8.66. The Kier molecular flexibility index (Phi) is 3.75. The third-order valence-electron chi connectivity index (χ3n) is 3.42. The molecule has 120 valence electrons. The standard InChI is InChI=1S/C16H11N3O3S2/c20-13-9-11(17-16-19(13)6-8-24-16)10-22-15(21)14-12(3-7-23-14)18-4-1-2-5-18/h1-9H,10H2. The SMILES string of the molecule is O=C(OCc1cc(=O)n2ccsc2n1)c1sccc1-n1cccc1. The van der Waals surface area contributed by atoms with Gasteiger partial charge < -0.3 is 9.30 Å². The molecule has 0 saturated heterocycles. The molecule has 4 rings (SSSR count). The summed E-state index contributed by atoms with van der Waals surface area (Å²) in [5.41, 5.74) is 1.03. The van der Waals surface area contributed by atoms with Crippen molar-refractivity contribution >= 4 is 33.6 Å². The number of esters is 1. The van der Waals surface area contributed by atoms with Crippen LogP contribution in [0.5, 0.6) is 0 Å². The smallest absolute Gasteiger partial charge is 0.350 e. The second kappa shape index (κ2) is 6.06. The van der Waals surface area contributed by atoms with Gasteiger partial charge in [-0.25, -0.2) is 9.78 Å². The molecule has 0 aromatic carbocycles. The molecule has 0 bridgehead atoms. The molecule has 0 fully saturated rings. The Morgan fingerprint density at radius 3 is 2.83 bits per heavy atom. The van der Waals surface area contributed by atoms with Crippen molar-refractivity contribution in [1.82, 2.24) is 14.0 Å². The highest BCUT2D eigenvalue weighted by Crippen LogP contribution is 2.22. The highest BCUT2D eigenvalue weighted by atomic mass is 32.1. The van der Waals surface area contributed by atoms with E-state index in [0.717, 1.165) is 5.69 Å². The Balaban J connectivity index is 1.54. The Morgan fingerprint density at radius 1 is 1.17 bits per heavy atom. The van der Waals surface area contributed by atoms with Crippen molar-refractivity contribution in [1.29, 1.82) is 0 Å². The van der Waals surface area contributed by atoms with E-state index in [9.17, 15) is 9.59 Å². The molecule has 0 atom stereocenters. The van der Waals surface area contributed by atoms with E-state index in [4.69, 9.17) is 4.74 Å². The van der Waals surface area contributed by atoms with Crippen molar-refractivity contribution in [3.05, 3.63) is 74.5 Å². The number of ether oxygens (including phenoxy) is 1. The third kappa shape index (κ3) is 2.66. The van der Waals surface area contributed by atoms with Crippen LogP contribution in [0.4, 0.5) is 0 Å².